The minimum absolute atomic E-state index is 0.240. The second-order valence-corrected chi connectivity index (χ2v) is 14.6. The van der Waals surface area contributed by atoms with Crippen LogP contribution >= 0.6 is 34.8 Å². The molecule has 2 aliphatic rings. The number of amides is 3. The third kappa shape index (κ3) is 9.31. The molecule has 2 fully saturated rings. The fraction of sp³-hybridized carbons (Fsp3) is 0.531. The van der Waals surface area contributed by atoms with E-state index >= 15 is 0 Å². The zero-order valence-corrected chi connectivity index (χ0v) is 28.1. The van der Waals surface area contributed by atoms with E-state index in [1.807, 2.05) is 38.3 Å². The summed E-state index contributed by atoms with van der Waals surface area (Å²) in [5.41, 5.74) is 4.13. The summed E-state index contributed by atoms with van der Waals surface area (Å²) in [5.74, 6) is -2.04. The molecule has 1 aromatic carbocycles. The summed E-state index contributed by atoms with van der Waals surface area (Å²) in [4.78, 5) is 56.8. The number of nitrogens with one attached hydrogen (secondary N) is 3. The van der Waals surface area contributed by atoms with Gasteiger partial charge in [-0.15, -0.1) is 0 Å². The van der Waals surface area contributed by atoms with Crippen molar-refractivity contribution < 1.29 is 23.9 Å². The smallest absolute Gasteiger partial charge is 0.325 e. The maximum Gasteiger partial charge on any atom is 0.325 e. The number of benzene rings is 1. The van der Waals surface area contributed by atoms with E-state index in [1.54, 1.807) is 6.92 Å². The zero-order chi connectivity index (χ0) is 32.9. The molecule has 1 aromatic heterocycles. The number of ether oxygens (including phenoxy) is 1. The molecule has 0 radical (unpaired) electrons. The van der Waals surface area contributed by atoms with Crippen molar-refractivity contribution in [1.82, 2.24) is 26.1 Å². The Kier molecular flexibility index (Phi) is 11.4. The molecule has 0 spiro atoms. The van der Waals surface area contributed by atoms with Gasteiger partial charge in [0.05, 0.1) is 11.1 Å². The zero-order valence-electron chi connectivity index (χ0n) is 25.9. The van der Waals surface area contributed by atoms with Crippen molar-refractivity contribution in [3.63, 3.8) is 0 Å². The van der Waals surface area contributed by atoms with Crippen molar-refractivity contribution >= 4 is 75.3 Å². The third-order valence-electron chi connectivity index (χ3n) is 8.11. The predicted molar refractivity (Wildman–Crippen MR) is 175 cm³/mol. The number of nitrogens with zero attached hydrogens (tertiary/aromatic N) is 2. The average Bonchev–Trinajstić information content (AvgIpc) is 3.81. The Morgan fingerprint density at radius 3 is 2.51 bits per heavy atom. The van der Waals surface area contributed by atoms with Crippen LogP contribution in [0.15, 0.2) is 36.5 Å². The van der Waals surface area contributed by atoms with Crippen LogP contribution in [0.4, 0.5) is 0 Å². The first-order valence-electron chi connectivity index (χ1n) is 15.2. The van der Waals surface area contributed by atoms with E-state index in [0.717, 1.165) is 22.9 Å². The minimum Gasteiger partial charge on any atom is -0.460 e. The van der Waals surface area contributed by atoms with Gasteiger partial charge in [0.15, 0.2) is 0 Å². The number of aryl methyl sites for hydroxylation is 1. The molecule has 13 heteroatoms. The number of alkyl halides is 3. The van der Waals surface area contributed by atoms with E-state index in [2.05, 4.69) is 46.2 Å². The molecule has 1 saturated carbocycles. The number of aromatic nitrogens is 1. The maximum absolute atomic E-state index is 13.4. The Labute approximate surface area is 278 Å². The monoisotopic (exact) mass is 679 g/mol. The summed E-state index contributed by atoms with van der Waals surface area (Å²) in [7, 11) is 0. The minimum atomic E-state index is -1.75. The highest BCUT2D eigenvalue weighted by Gasteiger charge is 2.48. The van der Waals surface area contributed by atoms with E-state index in [9.17, 15) is 19.2 Å². The number of fused-ring (bicyclic) bond motifs is 1. The average molecular weight is 681 g/mol. The fourth-order valence-corrected chi connectivity index (χ4v) is 5.32. The molecule has 10 nitrogen and oxygen atoms in total. The van der Waals surface area contributed by atoms with Crippen molar-refractivity contribution in [3.8, 4) is 0 Å². The maximum atomic E-state index is 13.4. The van der Waals surface area contributed by atoms with E-state index in [0.29, 0.717) is 32.2 Å². The second-order valence-electron chi connectivity index (χ2n) is 12.1. The Morgan fingerprint density at radius 2 is 1.87 bits per heavy atom. The van der Waals surface area contributed by atoms with Crippen LogP contribution in [0.1, 0.15) is 64.6 Å². The molecule has 3 unspecified atom stereocenters. The summed E-state index contributed by atoms with van der Waals surface area (Å²) in [6, 6.07) is 5.72. The van der Waals surface area contributed by atoms with Crippen LogP contribution in [0.2, 0.25) is 0 Å². The first kappa shape index (κ1) is 34.9. The number of esters is 1. The van der Waals surface area contributed by atoms with Crippen LogP contribution in [-0.4, -0.2) is 68.8 Å². The Hall–Kier alpha value is -2.92. The van der Waals surface area contributed by atoms with Gasteiger partial charge < -0.3 is 15.4 Å². The van der Waals surface area contributed by atoms with E-state index in [-0.39, 0.29) is 11.8 Å². The van der Waals surface area contributed by atoms with Gasteiger partial charge in [0, 0.05) is 18.1 Å². The SMILES string of the molecule is CCc1ccc2cnc(/C=C/C3(C(=O)NC(C(=O)NC(C)C(=O)N4CCCC(C(=O)OCC(Cl)(Cl)Cl)N4)C(C)C)CC3)cc2c1. The van der Waals surface area contributed by atoms with E-state index in [4.69, 9.17) is 39.5 Å². The highest BCUT2D eigenvalue weighted by Crippen LogP contribution is 2.48. The molecule has 244 valence electrons. The largest absolute Gasteiger partial charge is 0.460 e. The molecule has 0 bridgehead atoms. The van der Waals surface area contributed by atoms with Gasteiger partial charge in [0.25, 0.3) is 5.91 Å². The summed E-state index contributed by atoms with van der Waals surface area (Å²) in [6.07, 6.45) is 8.79. The van der Waals surface area contributed by atoms with Crippen molar-refractivity contribution in [1.29, 1.82) is 0 Å². The van der Waals surface area contributed by atoms with Gasteiger partial charge in [-0.1, -0.05) is 79.8 Å². The number of rotatable bonds is 11. The lowest BCUT2D eigenvalue weighted by Crippen LogP contribution is -2.61. The van der Waals surface area contributed by atoms with Crippen molar-refractivity contribution in [2.75, 3.05) is 13.2 Å². The van der Waals surface area contributed by atoms with Gasteiger partial charge in [-0.2, -0.15) is 0 Å². The Bertz CT molecular complexity index is 1460. The molecule has 4 rings (SSSR count). The first-order valence-corrected chi connectivity index (χ1v) is 16.3. The topological polar surface area (TPSA) is 130 Å². The van der Waals surface area contributed by atoms with Crippen molar-refractivity contribution in [2.24, 2.45) is 11.3 Å². The summed E-state index contributed by atoms with van der Waals surface area (Å²) < 4.78 is 3.29. The number of carbonyl (C=O) groups excluding carboxylic acids is 4. The normalized spacial score (nSPS) is 19.3. The van der Waals surface area contributed by atoms with Gasteiger partial charge in [-0.3, -0.25) is 29.2 Å². The molecule has 1 saturated heterocycles. The molecule has 1 aliphatic carbocycles. The summed E-state index contributed by atoms with van der Waals surface area (Å²) in [6.45, 7) is 7.23. The van der Waals surface area contributed by atoms with E-state index in [1.165, 1.54) is 10.6 Å². The lowest BCUT2D eigenvalue weighted by Gasteiger charge is -2.34. The lowest BCUT2D eigenvalue weighted by atomic mass is 9.99. The standard InChI is InChI=1S/C32H40Cl3N5O5/c1-5-21-8-9-22-17-36-24(16-23(22)15-21)10-11-31(12-13-31)30(44)38-26(19(2)3)27(41)37-20(4)28(42)40-14-6-7-25(39-40)29(43)45-18-32(33,34)35/h8-11,15-17,19-20,25-26,39H,5-7,12-14,18H2,1-4H3,(H,37,41)(H,38,44)/b11-10+. The highest BCUT2D eigenvalue weighted by atomic mass is 35.6. The van der Waals surface area contributed by atoms with Crippen LogP contribution in [0.5, 0.6) is 0 Å². The summed E-state index contributed by atoms with van der Waals surface area (Å²) in [5, 5.41) is 9.07. The van der Waals surface area contributed by atoms with Crippen LogP contribution in [-0.2, 0) is 30.3 Å². The number of hydrazine groups is 1. The molecule has 45 heavy (non-hydrogen) atoms. The number of hydrogen-bond acceptors (Lipinski definition) is 7. The van der Waals surface area contributed by atoms with Crippen LogP contribution in [0.25, 0.3) is 16.8 Å². The fourth-order valence-electron chi connectivity index (χ4n) is 5.15. The summed E-state index contributed by atoms with van der Waals surface area (Å²) >= 11 is 17.0. The van der Waals surface area contributed by atoms with E-state index < -0.39 is 51.7 Å². The van der Waals surface area contributed by atoms with Gasteiger partial charge in [-0.25, -0.2) is 5.43 Å². The first-order chi connectivity index (χ1) is 21.2. The molecule has 2 aromatic rings. The number of pyridine rings is 1. The number of hydrogen-bond donors (Lipinski definition) is 3. The highest BCUT2D eigenvalue weighted by molar-refractivity contribution is 6.67. The molecular formula is C32H40Cl3N5O5. The van der Waals surface area contributed by atoms with Crippen LogP contribution in [0, 0.1) is 11.3 Å². The van der Waals surface area contributed by atoms with Crippen LogP contribution < -0.4 is 16.1 Å². The molecule has 2 heterocycles. The van der Waals surface area contributed by atoms with Gasteiger partial charge in [-0.05, 0) is 68.0 Å². The van der Waals surface area contributed by atoms with Gasteiger partial charge in [0.1, 0.15) is 24.7 Å². The van der Waals surface area contributed by atoms with Crippen molar-refractivity contribution in [3.05, 3.63) is 47.8 Å². The second kappa shape index (κ2) is 14.7. The van der Waals surface area contributed by atoms with Crippen molar-refractivity contribution in [2.45, 2.75) is 81.7 Å². The molecule has 3 N–H and O–H groups in total. The third-order valence-corrected chi connectivity index (χ3v) is 8.44. The number of carbonyl (C=O) groups is 4. The number of halogens is 3. The molecular weight excluding hydrogens is 641 g/mol. The molecule has 1 aliphatic heterocycles. The lowest BCUT2D eigenvalue weighted by molar-refractivity contribution is -0.152. The molecule has 3 amide bonds. The Morgan fingerprint density at radius 1 is 1.13 bits per heavy atom. The van der Waals surface area contributed by atoms with Gasteiger partial charge >= 0.3 is 5.97 Å². The predicted octanol–water partition coefficient (Wildman–Crippen LogP) is 4.65. The quantitative estimate of drug-likeness (QED) is 0.233. The Balaban J connectivity index is 1.34. The van der Waals surface area contributed by atoms with Crippen LogP contribution in [0.3, 0.4) is 0 Å². The van der Waals surface area contributed by atoms with Gasteiger partial charge in [0.2, 0.25) is 15.6 Å². The molecule has 3 atom stereocenters.